The van der Waals surface area contributed by atoms with Gasteiger partial charge in [0.2, 0.25) is 0 Å². The van der Waals surface area contributed by atoms with E-state index in [1.807, 2.05) is 24.7 Å². The molecule has 1 aliphatic rings. The third kappa shape index (κ3) is 3.34. The Bertz CT molecular complexity index is 511. The monoisotopic (exact) mass is 287 g/mol. The van der Waals surface area contributed by atoms with Crippen LogP contribution in [0.1, 0.15) is 24.1 Å². The van der Waals surface area contributed by atoms with E-state index in [0.29, 0.717) is 19.0 Å². The summed E-state index contributed by atoms with van der Waals surface area (Å²) < 4.78 is 31.0. The molecule has 19 heavy (non-hydrogen) atoms. The molecule has 0 bridgehead atoms. The van der Waals surface area contributed by atoms with Gasteiger partial charge >= 0.3 is 10.3 Å². The largest absolute Gasteiger partial charge is 0.338 e. The number of rotatable bonds is 4. The van der Waals surface area contributed by atoms with Gasteiger partial charge in [0.15, 0.2) is 0 Å². The van der Waals surface area contributed by atoms with Crippen molar-refractivity contribution in [2.75, 3.05) is 20.2 Å². The number of hydrogen-bond donors (Lipinski definition) is 0. The second-order valence-corrected chi connectivity index (χ2v) is 6.79. The fourth-order valence-electron chi connectivity index (χ4n) is 2.40. The van der Waals surface area contributed by atoms with Gasteiger partial charge in [0.05, 0.1) is 12.8 Å². The molecule has 0 radical (unpaired) electrons. The van der Waals surface area contributed by atoms with Crippen molar-refractivity contribution in [1.82, 2.24) is 14.1 Å². The summed E-state index contributed by atoms with van der Waals surface area (Å²) in [5.74, 6) is 0.474. The minimum atomic E-state index is -3.51. The quantitative estimate of drug-likeness (QED) is 0.832. The van der Waals surface area contributed by atoms with Gasteiger partial charge in [-0.05, 0) is 38.2 Å². The van der Waals surface area contributed by atoms with Gasteiger partial charge in [-0.3, -0.25) is 8.86 Å². The second kappa shape index (κ2) is 5.60. The van der Waals surface area contributed by atoms with Gasteiger partial charge in [0, 0.05) is 25.8 Å². The van der Waals surface area contributed by atoms with Crippen molar-refractivity contribution in [2.24, 2.45) is 5.92 Å². The van der Waals surface area contributed by atoms with Crippen molar-refractivity contribution < 1.29 is 12.6 Å². The van der Waals surface area contributed by atoms with E-state index in [0.717, 1.165) is 25.1 Å². The van der Waals surface area contributed by atoms with E-state index in [1.165, 1.54) is 17.0 Å². The lowest BCUT2D eigenvalue weighted by Gasteiger charge is -2.30. The molecule has 0 unspecified atom stereocenters. The van der Waals surface area contributed by atoms with Gasteiger partial charge in [-0.2, -0.15) is 17.8 Å². The summed E-state index contributed by atoms with van der Waals surface area (Å²) in [5, 5.41) is 4.45. The number of aromatic nitrogens is 2. The summed E-state index contributed by atoms with van der Waals surface area (Å²) >= 11 is 0. The Labute approximate surface area is 114 Å². The SMILES string of the molecule is COS(=O)(=O)N1CCC(Cn2cc(C)c(C)n2)CC1. The Morgan fingerprint density at radius 1 is 1.37 bits per heavy atom. The van der Waals surface area contributed by atoms with Crippen LogP contribution in [0.15, 0.2) is 6.20 Å². The highest BCUT2D eigenvalue weighted by molar-refractivity contribution is 7.84. The summed E-state index contributed by atoms with van der Waals surface area (Å²) in [6.45, 7) is 5.96. The lowest BCUT2D eigenvalue weighted by Crippen LogP contribution is -2.39. The molecule has 6 nitrogen and oxygen atoms in total. The standard InChI is InChI=1S/C12H21N3O3S/c1-10-8-14(13-11(10)2)9-12-4-6-15(7-5-12)19(16,17)18-3/h8,12H,4-7,9H2,1-3H3. The highest BCUT2D eigenvalue weighted by Crippen LogP contribution is 2.21. The van der Waals surface area contributed by atoms with Crippen LogP contribution in [0.25, 0.3) is 0 Å². The normalized spacial score (nSPS) is 18.9. The molecule has 1 aromatic heterocycles. The summed E-state index contributed by atoms with van der Waals surface area (Å²) in [4.78, 5) is 0. The molecule has 0 spiro atoms. The lowest BCUT2D eigenvalue weighted by atomic mass is 9.98. The van der Waals surface area contributed by atoms with Crippen molar-refractivity contribution in [3.63, 3.8) is 0 Å². The maximum atomic E-state index is 11.6. The molecule has 0 aromatic carbocycles. The highest BCUT2D eigenvalue weighted by atomic mass is 32.2. The van der Waals surface area contributed by atoms with Gasteiger partial charge in [0.25, 0.3) is 0 Å². The summed E-state index contributed by atoms with van der Waals surface area (Å²) in [6, 6.07) is 0. The zero-order chi connectivity index (χ0) is 14.0. The zero-order valence-corrected chi connectivity index (χ0v) is 12.5. The number of nitrogens with zero attached hydrogens (tertiary/aromatic N) is 3. The van der Waals surface area contributed by atoms with Gasteiger partial charge in [-0.15, -0.1) is 0 Å². The van der Waals surface area contributed by atoms with Gasteiger partial charge in [-0.1, -0.05) is 0 Å². The van der Waals surface area contributed by atoms with E-state index in [1.54, 1.807) is 0 Å². The number of hydrogen-bond acceptors (Lipinski definition) is 4. The van der Waals surface area contributed by atoms with Gasteiger partial charge in [-0.25, -0.2) is 0 Å². The Balaban J connectivity index is 1.90. The topological polar surface area (TPSA) is 64.4 Å². The van der Waals surface area contributed by atoms with Crippen molar-refractivity contribution in [1.29, 1.82) is 0 Å². The predicted molar refractivity (Wildman–Crippen MR) is 71.9 cm³/mol. The van der Waals surface area contributed by atoms with E-state index in [4.69, 9.17) is 0 Å². The minimum Gasteiger partial charge on any atom is -0.272 e. The molecule has 0 saturated carbocycles. The summed E-state index contributed by atoms with van der Waals surface area (Å²) in [5.41, 5.74) is 2.25. The number of aryl methyl sites for hydroxylation is 2. The first-order valence-electron chi connectivity index (χ1n) is 6.48. The van der Waals surface area contributed by atoms with Crippen LogP contribution in [-0.4, -0.2) is 42.7 Å². The molecule has 1 saturated heterocycles. The van der Waals surface area contributed by atoms with Crippen molar-refractivity contribution in [3.8, 4) is 0 Å². The van der Waals surface area contributed by atoms with E-state index in [2.05, 4.69) is 9.28 Å². The second-order valence-electron chi connectivity index (χ2n) is 5.09. The van der Waals surface area contributed by atoms with Crippen molar-refractivity contribution >= 4 is 10.3 Å². The zero-order valence-electron chi connectivity index (χ0n) is 11.7. The van der Waals surface area contributed by atoms with Crippen LogP contribution in [0.4, 0.5) is 0 Å². The minimum absolute atomic E-state index is 0.474. The Morgan fingerprint density at radius 3 is 2.47 bits per heavy atom. The molecule has 2 heterocycles. The van der Waals surface area contributed by atoms with Crippen LogP contribution >= 0.6 is 0 Å². The van der Waals surface area contributed by atoms with Crippen LogP contribution in [0.3, 0.4) is 0 Å². The summed E-state index contributed by atoms with van der Waals surface area (Å²) in [6.07, 6.45) is 3.74. The first-order chi connectivity index (χ1) is 8.92. The average molecular weight is 287 g/mol. The van der Waals surface area contributed by atoms with Crippen LogP contribution in [0.5, 0.6) is 0 Å². The van der Waals surface area contributed by atoms with E-state index in [-0.39, 0.29) is 0 Å². The molecule has 7 heteroatoms. The molecule has 0 N–H and O–H groups in total. The molecule has 1 fully saturated rings. The first kappa shape index (κ1) is 14.5. The van der Waals surface area contributed by atoms with Crippen LogP contribution < -0.4 is 0 Å². The maximum absolute atomic E-state index is 11.6. The Kier molecular flexibility index (Phi) is 4.27. The molecule has 1 aliphatic heterocycles. The van der Waals surface area contributed by atoms with E-state index >= 15 is 0 Å². The third-order valence-electron chi connectivity index (χ3n) is 3.74. The van der Waals surface area contributed by atoms with Crippen LogP contribution in [0, 0.1) is 19.8 Å². The maximum Gasteiger partial charge on any atom is 0.338 e. The first-order valence-corrected chi connectivity index (χ1v) is 7.85. The van der Waals surface area contributed by atoms with Gasteiger partial charge in [0.1, 0.15) is 0 Å². The molecular formula is C12H21N3O3S. The summed E-state index contributed by atoms with van der Waals surface area (Å²) in [7, 11) is -2.30. The van der Waals surface area contributed by atoms with Crippen LogP contribution in [0.2, 0.25) is 0 Å². The molecule has 0 aliphatic carbocycles. The average Bonchev–Trinajstić information content (AvgIpc) is 2.69. The van der Waals surface area contributed by atoms with Crippen molar-refractivity contribution in [3.05, 3.63) is 17.5 Å². The highest BCUT2D eigenvalue weighted by Gasteiger charge is 2.28. The van der Waals surface area contributed by atoms with E-state index < -0.39 is 10.3 Å². The predicted octanol–water partition coefficient (Wildman–Crippen LogP) is 1.10. The van der Waals surface area contributed by atoms with Crippen molar-refractivity contribution in [2.45, 2.75) is 33.2 Å². The van der Waals surface area contributed by atoms with E-state index in [9.17, 15) is 8.42 Å². The Hall–Kier alpha value is -0.920. The third-order valence-corrected chi connectivity index (χ3v) is 5.16. The number of piperidine rings is 1. The molecule has 0 amide bonds. The fraction of sp³-hybridized carbons (Fsp3) is 0.750. The van der Waals surface area contributed by atoms with Gasteiger partial charge < -0.3 is 0 Å². The van der Waals surface area contributed by atoms with Crippen LogP contribution in [-0.2, 0) is 21.0 Å². The lowest BCUT2D eigenvalue weighted by molar-refractivity contribution is 0.223. The molecule has 108 valence electrons. The molecule has 1 aromatic rings. The molecule has 0 atom stereocenters. The Morgan fingerprint density at radius 2 is 2.00 bits per heavy atom. The molecule has 2 rings (SSSR count). The smallest absolute Gasteiger partial charge is 0.272 e. The fourth-order valence-corrected chi connectivity index (χ4v) is 3.27. The molecular weight excluding hydrogens is 266 g/mol.